The summed E-state index contributed by atoms with van der Waals surface area (Å²) in [7, 11) is 1.65. The monoisotopic (exact) mass is 298 g/mol. The van der Waals surface area contributed by atoms with Crippen LogP contribution < -0.4 is 15.4 Å². The summed E-state index contributed by atoms with van der Waals surface area (Å²) in [6.07, 6.45) is 0.793. The third-order valence-corrected chi connectivity index (χ3v) is 3.56. The third kappa shape index (κ3) is 4.81. The molecule has 0 unspecified atom stereocenters. The Kier molecular flexibility index (Phi) is 5.83. The van der Waals surface area contributed by atoms with Crippen molar-refractivity contribution in [3.63, 3.8) is 0 Å². The summed E-state index contributed by atoms with van der Waals surface area (Å²) in [6, 6.07) is 15.8. The van der Waals surface area contributed by atoms with Gasteiger partial charge in [0.15, 0.2) is 0 Å². The number of rotatable bonds is 6. The van der Waals surface area contributed by atoms with Crippen LogP contribution in [0.2, 0.25) is 0 Å². The first kappa shape index (κ1) is 15.9. The zero-order valence-electron chi connectivity index (χ0n) is 13.1. The lowest BCUT2D eigenvalue weighted by molar-refractivity contribution is 0.240. The molecule has 2 rings (SSSR count). The van der Waals surface area contributed by atoms with Gasteiger partial charge in [-0.15, -0.1) is 0 Å². The van der Waals surface area contributed by atoms with Crippen molar-refractivity contribution < 1.29 is 9.53 Å². The number of carbonyl (C=O) groups is 1. The van der Waals surface area contributed by atoms with Crippen molar-refractivity contribution >= 4 is 6.03 Å². The van der Waals surface area contributed by atoms with E-state index >= 15 is 0 Å². The van der Waals surface area contributed by atoms with Crippen LogP contribution in [0.1, 0.15) is 16.7 Å². The molecule has 0 fully saturated rings. The van der Waals surface area contributed by atoms with Crippen molar-refractivity contribution in [2.24, 2.45) is 0 Å². The molecule has 0 aliphatic heterocycles. The van der Waals surface area contributed by atoms with Gasteiger partial charge >= 0.3 is 6.03 Å². The minimum atomic E-state index is -0.142. The third-order valence-electron chi connectivity index (χ3n) is 3.56. The highest BCUT2D eigenvalue weighted by Crippen LogP contribution is 2.11. The van der Waals surface area contributed by atoms with Crippen LogP contribution in [0.3, 0.4) is 0 Å². The van der Waals surface area contributed by atoms with Crippen LogP contribution in [0.5, 0.6) is 5.75 Å². The molecule has 0 heterocycles. The van der Waals surface area contributed by atoms with E-state index in [1.165, 1.54) is 11.1 Å². The number of methoxy groups -OCH3 is 1. The van der Waals surface area contributed by atoms with E-state index in [9.17, 15) is 4.79 Å². The van der Waals surface area contributed by atoms with Crippen LogP contribution in [0.15, 0.2) is 48.5 Å². The number of carbonyl (C=O) groups excluding carboxylic acids is 1. The molecule has 4 nitrogen and oxygen atoms in total. The fourth-order valence-corrected chi connectivity index (χ4v) is 2.16. The molecule has 0 aliphatic carbocycles. The highest BCUT2D eigenvalue weighted by molar-refractivity contribution is 5.73. The summed E-state index contributed by atoms with van der Waals surface area (Å²) in [4.78, 5) is 11.8. The predicted octanol–water partition coefficient (Wildman–Crippen LogP) is 3.05. The normalized spacial score (nSPS) is 10.1. The molecule has 2 aromatic carbocycles. The van der Waals surface area contributed by atoms with Gasteiger partial charge in [-0.05, 0) is 42.2 Å². The summed E-state index contributed by atoms with van der Waals surface area (Å²) >= 11 is 0. The number of ether oxygens (including phenoxy) is 1. The van der Waals surface area contributed by atoms with Gasteiger partial charge in [0.2, 0.25) is 0 Å². The Balaban J connectivity index is 1.70. The fraction of sp³-hybridized carbons (Fsp3) is 0.278. The van der Waals surface area contributed by atoms with E-state index < -0.39 is 0 Å². The van der Waals surface area contributed by atoms with Gasteiger partial charge in [0.1, 0.15) is 5.75 Å². The first-order chi connectivity index (χ1) is 10.7. The molecule has 2 amide bonds. The zero-order valence-corrected chi connectivity index (χ0v) is 13.1. The quantitative estimate of drug-likeness (QED) is 0.861. The van der Waals surface area contributed by atoms with E-state index in [0.29, 0.717) is 13.1 Å². The van der Waals surface area contributed by atoms with Crippen LogP contribution in [0, 0.1) is 6.92 Å². The van der Waals surface area contributed by atoms with Crippen LogP contribution in [-0.4, -0.2) is 19.7 Å². The second kappa shape index (κ2) is 8.08. The lowest BCUT2D eigenvalue weighted by atomic mass is 10.1. The lowest BCUT2D eigenvalue weighted by Gasteiger charge is -2.09. The van der Waals surface area contributed by atoms with Gasteiger partial charge in [0, 0.05) is 13.1 Å². The average Bonchev–Trinajstić information content (AvgIpc) is 2.55. The number of urea groups is 1. The predicted molar refractivity (Wildman–Crippen MR) is 88.1 cm³/mol. The Bertz CT molecular complexity index is 609. The molecular weight excluding hydrogens is 276 g/mol. The van der Waals surface area contributed by atoms with Gasteiger partial charge < -0.3 is 15.4 Å². The van der Waals surface area contributed by atoms with E-state index in [1.807, 2.05) is 55.5 Å². The number of benzene rings is 2. The molecule has 0 spiro atoms. The van der Waals surface area contributed by atoms with E-state index in [0.717, 1.165) is 17.7 Å². The molecule has 0 saturated carbocycles. The summed E-state index contributed by atoms with van der Waals surface area (Å²) < 4.78 is 5.12. The second-order valence-corrected chi connectivity index (χ2v) is 5.13. The van der Waals surface area contributed by atoms with Crippen molar-refractivity contribution in [3.8, 4) is 5.75 Å². The van der Waals surface area contributed by atoms with E-state index in [4.69, 9.17) is 4.74 Å². The van der Waals surface area contributed by atoms with Gasteiger partial charge in [-0.2, -0.15) is 0 Å². The van der Waals surface area contributed by atoms with Gasteiger partial charge in [0.05, 0.1) is 7.11 Å². The van der Waals surface area contributed by atoms with E-state index in [-0.39, 0.29) is 6.03 Å². The molecule has 0 saturated heterocycles. The molecule has 116 valence electrons. The Morgan fingerprint density at radius 2 is 1.77 bits per heavy atom. The summed E-state index contributed by atoms with van der Waals surface area (Å²) in [5, 5.41) is 5.74. The van der Waals surface area contributed by atoms with Crippen LogP contribution in [0.25, 0.3) is 0 Å². The molecule has 0 aliphatic rings. The average molecular weight is 298 g/mol. The van der Waals surface area contributed by atoms with Gasteiger partial charge in [-0.1, -0.05) is 36.4 Å². The smallest absolute Gasteiger partial charge is 0.315 e. The Morgan fingerprint density at radius 3 is 2.45 bits per heavy atom. The minimum Gasteiger partial charge on any atom is -0.497 e. The number of nitrogens with one attached hydrogen (secondary N) is 2. The van der Waals surface area contributed by atoms with Gasteiger partial charge in [-0.25, -0.2) is 4.79 Å². The standard InChI is InChI=1S/C18H22N2O2/c1-14-5-3-4-6-16(14)13-20-18(21)19-12-11-15-7-9-17(22-2)10-8-15/h3-10H,11-13H2,1-2H3,(H2,19,20,21). The Morgan fingerprint density at radius 1 is 1.05 bits per heavy atom. The molecule has 0 bridgehead atoms. The number of hydrogen-bond acceptors (Lipinski definition) is 2. The summed E-state index contributed by atoms with van der Waals surface area (Å²) in [6.45, 7) is 3.19. The highest BCUT2D eigenvalue weighted by Gasteiger charge is 2.02. The maximum atomic E-state index is 11.8. The first-order valence-corrected chi connectivity index (χ1v) is 7.38. The Hall–Kier alpha value is -2.49. The number of amides is 2. The maximum absolute atomic E-state index is 11.8. The van der Waals surface area contributed by atoms with Crippen molar-refractivity contribution in [1.29, 1.82) is 0 Å². The largest absolute Gasteiger partial charge is 0.497 e. The number of hydrogen-bond donors (Lipinski definition) is 2. The first-order valence-electron chi connectivity index (χ1n) is 7.38. The maximum Gasteiger partial charge on any atom is 0.315 e. The van der Waals surface area contributed by atoms with E-state index in [1.54, 1.807) is 7.11 Å². The topological polar surface area (TPSA) is 50.4 Å². The molecule has 2 N–H and O–H groups in total. The minimum absolute atomic E-state index is 0.142. The fourth-order valence-electron chi connectivity index (χ4n) is 2.16. The van der Waals surface area contributed by atoms with Crippen molar-refractivity contribution in [3.05, 3.63) is 65.2 Å². The van der Waals surface area contributed by atoms with E-state index in [2.05, 4.69) is 10.6 Å². The van der Waals surface area contributed by atoms with Crippen molar-refractivity contribution in [1.82, 2.24) is 10.6 Å². The van der Waals surface area contributed by atoms with Gasteiger partial charge in [-0.3, -0.25) is 0 Å². The molecule has 0 atom stereocenters. The SMILES string of the molecule is COc1ccc(CCNC(=O)NCc2ccccc2C)cc1. The molecular formula is C18H22N2O2. The molecule has 2 aromatic rings. The second-order valence-electron chi connectivity index (χ2n) is 5.13. The molecule has 0 radical (unpaired) electrons. The summed E-state index contributed by atoms with van der Waals surface area (Å²) in [5.74, 6) is 0.840. The van der Waals surface area contributed by atoms with Crippen molar-refractivity contribution in [2.75, 3.05) is 13.7 Å². The molecule has 22 heavy (non-hydrogen) atoms. The number of aryl methyl sites for hydroxylation is 1. The van der Waals surface area contributed by atoms with Gasteiger partial charge in [0.25, 0.3) is 0 Å². The molecule has 4 heteroatoms. The Labute approximate surface area is 131 Å². The summed E-state index contributed by atoms with van der Waals surface area (Å²) in [5.41, 5.74) is 3.48. The van der Waals surface area contributed by atoms with Crippen LogP contribution in [0.4, 0.5) is 4.79 Å². The van der Waals surface area contributed by atoms with Crippen LogP contribution in [-0.2, 0) is 13.0 Å². The van der Waals surface area contributed by atoms with Crippen molar-refractivity contribution in [2.45, 2.75) is 19.9 Å². The highest BCUT2D eigenvalue weighted by atomic mass is 16.5. The lowest BCUT2D eigenvalue weighted by Crippen LogP contribution is -2.36. The molecule has 0 aromatic heterocycles. The van der Waals surface area contributed by atoms with Crippen LogP contribution >= 0.6 is 0 Å². The zero-order chi connectivity index (χ0) is 15.8.